The zero-order valence-corrected chi connectivity index (χ0v) is 9.60. The molecule has 0 saturated heterocycles. The summed E-state index contributed by atoms with van der Waals surface area (Å²) in [6.07, 6.45) is 5.47. The summed E-state index contributed by atoms with van der Waals surface area (Å²) in [4.78, 5) is 0.336. The highest BCUT2D eigenvalue weighted by atomic mass is 32.1. The maximum Gasteiger partial charge on any atom is 0.135 e. The summed E-state index contributed by atoms with van der Waals surface area (Å²) in [7, 11) is 0. The van der Waals surface area contributed by atoms with Crippen LogP contribution < -0.4 is 10.5 Å². The SMILES string of the molecule is C#Cc1cc(C(N)=S)ccc1OC(C)C. The van der Waals surface area contributed by atoms with Gasteiger partial charge in [-0.2, -0.15) is 0 Å². The maximum absolute atomic E-state index is 5.54. The maximum atomic E-state index is 5.54. The minimum Gasteiger partial charge on any atom is -0.490 e. The van der Waals surface area contributed by atoms with E-state index >= 15 is 0 Å². The predicted octanol–water partition coefficient (Wildman–Crippen LogP) is 2.09. The van der Waals surface area contributed by atoms with E-state index in [1.165, 1.54) is 0 Å². The fourth-order valence-corrected chi connectivity index (χ4v) is 1.28. The van der Waals surface area contributed by atoms with Crippen molar-refractivity contribution < 1.29 is 4.74 Å². The standard InChI is InChI=1S/C12H13NOS/c1-4-9-7-10(12(13)15)5-6-11(9)14-8(2)3/h1,5-8H,2-3H3,(H2,13,15). The molecule has 15 heavy (non-hydrogen) atoms. The van der Waals surface area contributed by atoms with Crippen molar-refractivity contribution in [1.82, 2.24) is 0 Å². The van der Waals surface area contributed by atoms with E-state index < -0.39 is 0 Å². The second-order valence-electron chi connectivity index (χ2n) is 3.39. The molecule has 2 nitrogen and oxygen atoms in total. The summed E-state index contributed by atoms with van der Waals surface area (Å²) >= 11 is 4.87. The van der Waals surface area contributed by atoms with E-state index in [0.717, 1.165) is 5.56 Å². The number of rotatable bonds is 3. The van der Waals surface area contributed by atoms with Gasteiger partial charge in [-0.05, 0) is 32.0 Å². The topological polar surface area (TPSA) is 35.2 Å². The van der Waals surface area contributed by atoms with Gasteiger partial charge < -0.3 is 10.5 Å². The number of nitrogens with two attached hydrogens (primary N) is 1. The van der Waals surface area contributed by atoms with Gasteiger partial charge in [0.25, 0.3) is 0 Å². The molecule has 1 rings (SSSR count). The molecule has 1 aromatic carbocycles. The smallest absolute Gasteiger partial charge is 0.135 e. The molecular weight excluding hydrogens is 206 g/mol. The van der Waals surface area contributed by atoms with Gasteiger partial charge in [-0.15, -0.1) is 6.42 Å². The Morgan fingerprint density at radius 1 is 1.53 bits per heavy atom. The van der Waals surface area contributed by atoms with Crippen LogP contribution in [0.25, 0.3) is 0 Å². The van der Waals surface area contributed by atoms with E-state index in [1.54, 1.807) is 18.2 Å². The van der Waals surface area contributed by atoms with Crippen molar-refractivity contribution >= 4 is 17.2 Å². The Kier molecular flexibility index (Phi) is 3.70. The number of ether oxygens (including phenoxy) is 1. The molecule has 0 aromatic heterocycles. The highest BCUT2D eigenvalue weighted by Crippen LogP contribution is 2.20. The van der Waals surface area contributed by atoms with E-state index in [4.69, 9.17) is 29.1 Å². The van der Waals surface area contributed by atoms with Crippen molar-refractivity contribution in [1.29, 1.82) is 0 Å². The van der Waals surface area contributed by atoms with Crippen LogP contribution in [0.1, 0.15) is 25.0 Å². The largest absolute Gasteiger partial charge is 0.490 e. The lowest BCUT2D eigenvalue weighted by Crippen LogP contribution is -2.11. The lowest BCUT2D eigenvalue weighted by molar-refractivity contribution is 0.242. The van der Waals surface area contributed by atoms with E-state index in [0.29, 0.717) is 16.3 Å². The van der Waals surface area contributed by atoms with Gasteiger partial charge in [-0.3, -0.25) is 0 Å². The van der Waals surface area contributed by atoms with Gasteiger partial charge in [0.05, 0.1) is 11.7 Å². The van der Waals surface area contributed by atoms with Crippen LogP contribution in [-0.4, -0.2) is 11.1 Å². The molecule has 0 aliphatic heterocycles. The second-order valence-corrected chi connectivity index (χ2v) is 3.83. The predicted molar refractivity (Wildman–Crippen MR) is 66.0 cm³/mol. The Bertz CT molecular complexity index is 418. The summed E-state index contributed by atoms with van der Waals surface area (Å²) < 4.78 is 5.54. The molecule has 2 N–H and O–H groups in total. The molecule has 0 spiro atoms. The second kappa shape index (κ2) is 4.81. The highest BCUT2D eigenvalue weighted by molar-refractivity contribution is 7.80. The van der Waals surface area contributed by atoms with Gasteiger partial charge >= 0.3 is 0 Å². The van der Waals surface area contributed by atoms with Gasteiger partial charge in [0, 0.05) is 5.56 Å². The zero-order valence-electron chi connectivity index (χ0n) is 8.78. The number of hydrogen-bond donors (Lipinski definition) is 1. The van der Waals surface area contributed by atoms with Crippen LogP contribution in [0, 0.1) is 12.3 Å². The van der Waals surface area contributed by atoms with Gasteiger partial charge in [0.1, 0.15) is 10.7 Å². The fourth-order valence-electron chi connectivity index (χ4n) is 1.15. The third-order valence-corrected chi connectivity index (χ3v) is 2.02. The number of thiocarbonyl (C=S) groups is 1. The summed E-state index contributed by atoms with van der Waals surface area (Å²) in [5, 5.41) is 0. The average molecular weight is 219 g/mol. The number of hydrogen-bond acceptors (Lipinski definition) is 2. The Morgan fingerprint density at radius 2 is 2.20 bits per heavy atom. The van der Waals surface area contributed by atoms with Crippen LogP contribution >= 0.6 is 12.2 Å². The number of terminal acetylenes is 1. The molecular formula is C12H13NOS. The lowest BCUT2D eigenvalue weighted by atomic mass is 10.1. The molecule has 0 heterocycles. The van der Waals surface area contributed by atoms with Crippen LogP contribution in [-0.2, 0) is 0 Å². The Balaban J connectivity index is 3.11. The van der Waals surface area contributed by atoms with Gasteiger partial charge in [-0.1, -0.05) is 18.1 Å². The fraction of sp³-hybridized carbons (Fsp3) is 0.250. The minimum atomic E-state index is 0.0905. The van der Waals surface area contributed by atoms with E-state index in [-0.39, 0.29) is 6.10 Å². The summed E-state index contributed by atoms with van der Waals surface area (Å²) in [6.45, 7) is 3.89. The molecule has 1 aromatic rings. The van der Waals surface area contributed by atoms with Crippen molar-refractivity contribution in [3.8, 4) is 18.1 Å². The van der Waals surface area contributed by atoms with Crippen LogP contribution in [0.2, 0.25) is 0 Å². The number of benzene rings is 1. The lowest BCUT2D eigenvalue weighted by Gasteiger charge is -2.12. The summed E-state index contributed by atoms with van der Waals surface area (Å²) in [6, 6.07) is 5.37. The molecule has 0 bridgehead atoms. The Labute approximate surface area is 95.4 Å². The highest BCUT2D eigenvalue weighted by Gasteiger charge is 2.06. The molecule has 78 valence electrons. The molecule has 0 amide bonds. The molecule has 3 heteroatoms. The summed E-state index contributed by atoms with van der Waals surface area (Å²) in [5.74, 6) is 3.24. The van der Waals surface area contributed by atoms with Crippen molar-refractivity contribution in [3.05, 3.63) is 29.3 Å². The monoisotopic (exact) mass is 219 g/mol. The van der Waals surface area contributed by atoms with Crippen molar-refractivity contribution in [3.63, 3.8) is 0 Å². The Hall–Kier alpha value is -1.53. The first-order valence-corrected chi connectivity index (χ1v) is 5.02. The molecule has 0 atom stereocenters. The molecule has 0 fully saturated rings. The van der Waals surface area contributed by atoms with Crippen molar-refractivity contribution in [2.45, 2.75) is 20.0 Å². The normalized spacial score (nSPS) is 9.73. The average Bonchev–Trinajstić information content (AvgIpc) is 2.17. The quantitative estimate of drug-likeness (QED) is 0.624. The zero-order chi connectivity index (χ0) is 11.4. The molecule has 0 saturated carbocycles. The van der Waals surface area contributed by atoms with Gasteiger partial charge in [-0.25, -0.2) is 0 Å². The third-order valence-electron chi connectivity index (χ3n) is 1.78. The first-order chi connectivity index (χ1) is 7.04. The van der Waals surface area contributed by atoms with Crippen LogP contribution in [0.3, 0.4) is 0 Å². The van der Waals surface area contributed by atoms with Gasteiger partial charge in [0.15, 0.2) is 0 Å². The minimum absolute atomic E-state index is 0.0905. The Morgan fingerprint density at radius 3 is 2.67 bits per heavy atom. The van der Waals surface area contributed by atoms with Crippen LogP contribution in [0.15, 0.2) is 18.2 Å². The molecule has 0 radical (unpaired) electrons. The van der Waals surface area contributed by atoms with Crippen molar-refractivity contribution in [2.75, 3.05) is 0 Å². The van der Waals surface area contributed by atoms with E-state index in [2.05, 4.69) is 5.92 Å². The van der Waals surface area contributed by atoms with Crippen molar-refractivity contribution in [2.24, 2.45) is 5.73 Å². The first-order valence-electron chi connectivity index (χ1n) is 4.61. The van der Waals surface area contributed by atoms with E-state index in [9.17, 15) is 0 Å². The van der Waals surface area contributed by atoms with Crippen LogP contribution in [0.5, 0.6) is 5.75 Å². The summed E-state index contributed by atoms with van der Waals surface area (Å²) in [5.41, 5.74) is 6.94. The van der Waals surface area contributed by atoms with E-state index in [1.807, 2.05) is 13.8 Å². The van der Waals surface area contributed by atoms with Crippen LogP contribution in [0.4, 0.5) is 0 Å². The van der Waals surface area contributed by atoms with Gasteiger partial charge in [0.2, 0.25) is 0 Å². The molecule has 0 aliphatic rings. The molecule has 0 aliphatic carbocycles. The third kappa shape index (κ3) is 2.97. The molecule has 0 unspecified atom stereocenters. The first kappa shape index (κ1) is 11.5.